The van der Waals surface area contributed by atoms with E-state index in [1.807, 2.05) is 24.3 Å². The first kappa shape index (κ1) is 24.0. The molecule has 0 aliphatic heterocycles. The van der Waals surface area contributed by atoms with E-state index in [9.17, 15) is 4.79 Å². The third kappa shape index (κ3) is 5.50. The molecule has 0 saturated heterocycles. The molecule has 0 N–H and O–H groups in total. The zero-order valence-electron chi connectivity index (χ0n) is 20.4. The van der Waals surface area contributed by atoms with Crippen LogP contribution in [-0.2, 0) is 6.42 Å². The van der Waals surface area contributed by atoms with Crippen LogP contribution >= 0.6 is 0 Å². The molecule has 178 valence electrons. The lowest BCUT2D eigenvalue weighted by Crippen LogP contribution is -2.13. The molecule has 1 fully saturated rings. The minimum atomic E-state index is -0.421. The first-order valence-corrected chi connectivity index (χ1v) is 13.3. The third-order valence-electron chi connectivity index (χ3n) is 7.76. The van der Waals surface area contributed by atoms with Crippen LogP contribution in [-0.4, -0.2) is 0 Å². The quantitative estimate of drug-likeness (QED) is 0.175. The van der Waals surface area contributed by atoms with Gasteiger partial charge in [-0.15, -0.1) is 0 Å². The van der Waals surface area contributed by atoms with E-state index >= 15 is 4.39 Å². The van der Waals surface area contributed by atoms with Crippen molar-refractivity contribution in [2.45, 2.75) is 103 Å². The van der Waals surface area contributed by atoms with Crippen LogP contribution in [0.4, 0.5) is 4.39 Å². The largest absolute Gasteiger partial charge is 0.419 e. The predicted molar refractivity (Wildman–Crippen MR) is 137 cm³/mol. The highest BCUT2D eigenvalue weighted by molar-refractivity contribution is 6.04. The standard InChI is InChI=1S/C30H39FO2/c1-3-5-7-8-9-11-23-16-19-26-25-18-17-24(20-27(25)30(32)33-29(26)28(23)31)22-14-12-21(13-15-22)10-6-4-2/h16-22H,3-15H2,1-2H3. The second kappa shape index (κ2) is 11.3. The van der Waals surface area contributed by atoms with Crippen molar-refractivity contribution in [3.8, 4) is 0 Å². The Kier molecular flexibility index (Phi) is 8.22. The number of rotatable bonds is 10. The van der Waals surface area contributed by atoms with Gasteiger partial charge >= 0.3 is 5.63 Å². The molecule has 1 aromatic heterocycles. The van der Waals surface area contributed by atoms with Gasteiger partial charge in [-0.2, -0.15) is 0 Å². The molecule has 0 spiro atoms. The molecular formula is C30H39FO2. The number of unbranched alkanes of at least 4 members (excludes halogenated alkanes) is 5. The number of halogens is 1. The lowest BCUT2D eigenvalue weighted by molar-refractivity contribution is 0.304. The van der Waals surface area contributed by atoms with Gasteiger partial charge in [-0.05, 0) is 67.6 Å². The van der Waals surface area contributed by atoms with Gasteiger partial charge < -0.3 is 4.42 Å². The molecule has 1 heterocycles. The molecule has 1 aliphatic carbocycles. The second-order valence-corrected chi connectivity index (χ2v) is 10.1. The van der Waals surface area contributed by atoms with Crippen molar-refractivity contribution in [2.75, 3.05) is 0 Å². The van der Waals surface area contributed by atoms with Crippen LogP contribution in [0.15, 0.2) is 39.5 Å². The van der Waals surface area contributed by atoms with Gasteiger partial charge in [-0.25, -0.2) is 9.18 Å². The van der Waals surface area contributed by atoms with Crippen LogP contribution in [0.25, 0.3) is 21.7 Å². The smallest absolute Gasteiger partial charge is 0.344 e. The maximum absolute atomic E-state index is 15.2. The Labute approximate surface area is 197 Å². The molecule has 3 heteroatoms. The van der Waals surface area contributed by atoms with E-state index in [0.717, 1.165) is 24.1 Å². The van der Waals surface area contributed by atoms with Crippen LogP contribution in [0, 0.1) is 11.7 Å². The summed E-state index contributed by atoms with van der Waals surface area (Å²) < 4.78 is 20.8. The molecule has 0 radical (unpaired) electrons. The fourth-order valence-corrected chi connectivity index (χ4v) is 5.67. The summed E-state index contributed by atoms with van der Waals surface area (Å²) >= 11 is 0. The van der Waals surface area contributed by atoms with E-state index in [4.69, 9.17) is 4.42 Å². The van der Waals surface area contributed by atoms with Crippen molar-refractivity contribution in [1.29, 1.82) is 0 Å². The lowest BCUT2D eigenvalue weighted by Gasteiger charge is -2.29. The lowest BCUT2D eigenvalue weighted by atomic mass is 9.77. The van der Waals surface area contributed by atoms with Crippen LogP contribution in [0.3, 0.4) is 0 Å². The van der Waals surface area contributed by atoms with Gasteiger partial charge in [0.25, 0.3) is 0 Å². The first-order chi connectivity index (χ1) is 16.1. The summed E-state index contributed by atoms with van der Waals surface area (Å²) in [6, 6.07) is 9.98. The maximum atomic E-state index is 15.2. The maximum Gasteiger partial charge on any atom is 0.344 e. The fraction of sp³-hybridized carbons (Fsp3) is 0.567. The van der Waals surface area contributed by atoms with E-state index in [1.54, 1.807) is 0 Å². The van der Waals surface area contributed by atoms with Gasteiger partial charge in [0.2, 0.25) is 0 Å². The topological polar surface area (TPSA) is 30.2 Å². The monoisotopic (exact) mass is 450 g/mol. The zero-order chi connectivity index (χ0) is 23.2. The van der Waals surface area contributed by atoms with Crippen LogP contribution in [0.1, 0.15) is 108 Å². The third-order valence-corrected chi connectivity index (χ3v) is 7.76. The van der Waals surface area contributed by atoms with Crippen molar-refractivity contribution in [1.82, 2.24) is 0 Å². The Morgan fingerprint density at radius 2 is 1.58 bits per heavy atom. The van der Waals surface area contributed by atoms with E-state index in [-0.39, 0.29) is 11.4 Å². The first-order valence-electron chi connectivity index (χ1n) is 13.3. The predicted octanol–water partition coefficient (Wildman–Crippen LogP) is 9.06. The van der Waals surface area contributed by atoms with Gasteiger partial charge in [0.15, 0.2) is 11.4 Å². The van der Waals surface area contributed by atoms with E-state index < -0.39 is 5.63 Å². The Morgan fingerprint density at radius 3 is 2.33 bits per heavy atom. The van der Waals surface area contributed by atoms with Gasteiger partial charge in [-0.1, -0.05) is 83.1 Å². The molecule has 33 heavy (non-hydrogen) atoms. The Morgan fingerprint density at radius 1 is 0.848 bits per heavy atom. The van der Waals surface area contributed by atoms with E-state index in [0.29, 0.717) is 28.7 Å². The molecule has 4 rings (SSSR count). The van der Waals surface area contributed by atoms with Crippen LogP contribution in [0.5, 0.6) is 0 Å². The summed E-state index contributed by atoms with van der Waals surface area (Å²) in [5, 5.41) is 2.08. The summed E-state index contributed by atoms with van der Waals surface area (Å²) in [5.41, 5.74) is 1.57. The van der Waals surface area contributed by atoms with E-state index in [1.165, 1.54) is 69.8 Å². The fourth-order valence-electron chi connectivity index (χ4n) is 5.67. The molecule has 1 saturated carbocycles. The molecule has 2 aromatic carbocycles. The Bertz CT molecular complexity index is 1120. The highest BCUT2D eigenvalue weighted by Crippen LogP contribution is 2.39. The number of benzene rings is 2. The van der Waals surface area contributed by atoms with Crippen molar-refractivity contribution >= 4 is 21.7 Å². The van der Waals surface area contributed by atoms with Crippen LogP contribution in [0.2, 0.25) is 0 Å². The summed E-state index contributed by atoms with van der Waals surface area (Å²) in [7, 11) is 0. The highest BCUT2D eigenvalue weighted by Gasteiger charge is 2.23. The molecule has 0 atom stereocenters. The number of hydrogen-bond acceptors (Lipinski definition) is 2. The van der Waals surface area contributed by atoms with Crippen molar-refractivity contribution < 1.29 is 8.81 Å². The minimum Gasteiger partial charge on any atom is -0.419 e. The minimum absolute atomic E-state index is 0.114. The van der Waals surface area contributed by atoms with E-state index in [2.05, 4.69) is 19.9 Å². The SMILES string of the molecule is CCCCCCCc1ccc2c(oc(=O)c3cc(C4CCC(CCCC)CC4)ccc32)c1F. The summed E-state index contributed by atoms with van der Waals surface area (Å²) in [6.07, 6.45) is 15.3. The molecular weight excluding hydrogens is 411 g/mol. The van der Waals surface area contributed by atoms with Crippen molar-refractivity contribution in [3.05, 3.63) is 57.7 Å². The molecule has 3 aromatic rings. The molecule has 0 unspecified atom stereocenters. The van der Waals surface area contributed by atoms with Crippen molar-refractivity contribution in [3.63, 3.8) is 0 Å². The Balaban J connectivity index is 1.55. The molecule has 0 bridgehead atoms. The van der Waals surface area contributed by atoms with Gasteiger partial charge in [0.1, 0.15) is 0 Å². The molecule has 0 amide bonds. The average molecular weight is 451 g/mol. The summed E-state index contributed by atoms with van der Waals surface area (Å²) in [4.78, 5) is 12.9. The van der Waals surface area contributed by atoms with Crippen LogP contribution < -0.4 is 5.63 Å². The van der Waals surface area contributed by atoms with Gasteiger partial charge in [0, 0.05) is 10.8 Å². The Hall–Kier alpha value is -2.16. The van der Waals surface area contributed by atoms with Gasteiger partial charge in [0.05, 0.1) is 5.39 Å². The van der Waals surface area contributed by atoms with Crippen molar-refractivity contribution in [2.24, 2.45) is 5.92 Å². The van der Waals surface area contributed by atoms with Gasteiger partial charge in [-0.3, -0.25) is 0 Å². The molecule has 1 aliphatic rings. The average Bonchev–Trinajstić information content (AvgIpc) is 2.84. The number of aryl methyl sites for hydroxylation is 1. The number of hydrogen-bond donors (Lipinski definition) is 0. The highest BCUT2D eigenvalue weighted by atomic mass is 19.1. The summed E-state index contributed by atoms with van der Waals surface area (Å²) in [5.74, 6) is 1.00. The zero-order valence-corrected chi connectivity index (χ0v) is 20.4. The second-order valence-electron chi connectivity index (χ2n) is 10.1. The summed E-state index contributed by atoms with van der Waals surface area (Å²) in [6.45, 7) is 4.45. The normalized spacial score (nSPS) is 18.9. The number of fused-ring (bicyclic) bond motifs is 3. The molecule has 2 nitrogen and oxygen atoms in total.